The van der Waals surface area contributed by atoms with Crippen molar-refractivity contribution in [3.63, 3.8) is 0 Å². The van der Waals surface area contributed by atoms with Gasteiger partial charge in [0.05, 0.1) is 0 Å². The van der Waals surface area contributed by atoms with Crippen molar-refractivity contribution in [2.24, 2.45) is 0 Å². The van der Waals surface area contributed by atoms with Crippen LogP contribution in [0.1, 0.15) is 40.5 Å². The number of hydrogen-bond donors (Lipinski definition) is 1. The summed E-state index contributed by atoms with van der Waals surface area (Å²) in [4.78, 5) is 36.4. The Morgan fingerprint density at radius 1 is 1.15 bits per heavy atom. The zero-order valence-corrected chi connectivity index (χ0v) is 11.8. The number of carbonyl (C=O) groups is 3. The van der Waals surface area contributed by atoms with Crippen molar-refractivity contribution < 1.29 is 14.4 Å². The van der Waals surface area contributed by atoms with Crippen molar-refractivity contribution in [2.45, 2.75) is 19.8 Å². The van der Waals surface area contributed by atoms with Gasteiger partial charge in [0.1, 0.15) is 10.6 Å². The van der Waals surface area contributed by atoms with Gasteiger partial charge in [-0.1, -0.05) is 49.2 Å². The fraction of sp³-hybridized carbons (Fsp3) is 0.267. The number of Topliss-reactive ketones (excluding diaryl/α,β-unsaturated/α-hetero) is 2. The summed E-state index contributed by atoms with van der Waals surface area (Å²) in [5, 5.41) is 2.31. The summed E-state index contributed by atoms with van der Waals surface area (Å²) < 4.78 is 0. The van der Waals surface area contributed by atoms with E-state index in [9.17, 15) is 14.4 Å². The molecule has 4 nitrogen and oxygen atoms in total. The molecule has 0 spiro atoms. The molecule has 2 rings (SSSR count). The van der Waals surface area contributed by atoms with Crippen LogP contribution in [0.15, 0.2) is 34.9 Å². The average molecular weight is 292 g/mol. The lowest BCUT2D eigenvalue weighted by atomic mass is 9.89. The van der Waals surface area contributed by atoms with Crippen LogP contribution < -0.4 is 5.32 Å². The normalized spacial score (nSPS) is 14.3. The third kappa shape index (κ3) is 2.51. The van der Waals surface area contributed by atoms with Gasteiger partial charge in [-0.05, 0) is 6.42 Å². The molecule has 20 heavy (non-hydrogen) atoms. The molecule has 1 amide bonds. The Morgan fingerprint density at radius 2 is 1.75 bits per heavy atom. The predicted molar refractivity (Wildman–Crippen MR) is 75.9 cm³/mol. The van der Waals surface area contributed by atoms with E-state index in [-0.39, 0.29) is 21.7 Å². The van der Waals surface area contributed by atoms with Crippen LogP contribution in [-0.4, -0.2) is 24.0 Å². The fourth-order valence-corrected chi connectivity index (χ4v) is 2.29. The molecule has 0 atom stereocenters. The third-order valence-electron chi connectivity index (χ3n) is 3.11. The second kappa shape index (κ2) is 6.01. The molecule has 0 aliphatic heterocycles. The minimum atomic E-state index is -0.587. The molecule has 0 saturated heterocycles. The van der Waals surface area contributed by atoms with Crippen LogP contribution in [0.25, 0.3) is 0 Å². The van der Waals surface area contributed by atoms with Crippen molar-refractivity contribution >= 4 is 29.1 Å². The lowest BCUT2D eigenvalue weighted by Crippen LogP contribution is -2.33. The van der Waals surface area contributed by atoms with Crippen molar-refractivity contribution in [1.82, 2.24) is 5.32 Å². The molecule has 1 N–H and O–H groups in total. The minimum Gasteiger partial charge on any atom is -0.352 e. The Hall–Kier alpha value is -1.94. The first-order valence-electron chi connectivity index (χ1n) is 6.44. The van der Waals surface area contributed by atoms with Crippen LogP contribution in [0.5, 0.6) is 0 Å². The molecular weight excluding hydrogens is 278 g/mol. The van der Waals surface area contributed by atoms with E-state index in [4.69, 9.17) is 11.6 Å². The minimum absolute atomic E-state index is 0.225. The van der Waals surface area contributed by atoms with Crippen molar-refractivity contribution in [1.29, 1.82) is 0 Å². The van der Waals surface area contributed by atoms with Gasteiger partial charge in [0, 0.05) is 17.7 Å². The van der Waals surface area contributed by atoms with Gasteiger partial charge in [-0.15, -0.1) is 0 Å². The molecule has 1 aliphatic carbocycles. The number of nitrogens with one attached hydrogen (secondary N) is 1. The van der Waals surface area contributed by atoms with E-state index in [1.165, 1.54) is 12.1 Å². The van der Waals surface area contributed by atoms with E-state index in [0.717, 1.165) is 12.8 Å². The third-order valence-corrected chi connectivity index (χ3v) is 3.47. The molecule has 0 bridgehead atoms. The maximum atomic E-state index is 12.3. The zero-order valence-electron chi connectivity index (χ0n) is 11.0. The largest absolute Gasteiger partial charge is 0.352 e. The molecule has 0 fully saturated rings. The van der Waals surface area contributed by atoms with Gasteiger partial charge < -0.3 is 5.32 Å². The molecule has 0 unspecified atom stereocenters. The second-order valence-corrected chi connectivity index (χ2v) is 4.88. The average Bonchev–Trinajstić information content (AvgIpc) is 2.45. The van der Waals surface area contributed by atoms with E-state index < -0.39 is 17.5 Å². The number of halogens is 1. The first-order valence-corrected chi connectivity index (χ1v) is 6.82. The van der Waals surface area contributed by atoms with E-state index in [1.807, 2.05) is 6.92 Å². The molecule has 104 valence electrons. The van der Waals surface area contributed by atoms with Crippen LogP contribution in [0.2, 0.25) is 0 Å². The number of amides is 1. The van der Waals surface area contributed by atoms with Crippen LogP contribution >= 0.6 is 11.6 Å². The summed E-state index contributed by atoms with van der Waals surface area (Å²) in [7, 11) is 0. The van der Waals surface area contributed by atoms with E-state index >= 15 is 0 Å². The molecule has 0 saturated carbocycles. The van der Waals surface area contributed by atoms with Gasteiger partial charge in [0.15, 0.2) is 0 Å². The summed E-state index contributed by atoms with van der Waals surface area (Å²) in [5.74, 6) is -1.57. The topological polar surface area (TPSA) is 63.2 Å². The summed E-state index contributed by atoms with van der Waals surface area (Å²) in [6.45, 7) is 2.44. The highest BCUT2D eigenvalue weighted by Gasteiger charge is 2.34. The number of rotatable bonds is 4. The maximum absolute atomic E-state index is 12.3. The van der Waals surface area contributed by atoms with E-state index in [1.54, 1.807) is 12.1 Å². The Labute approximate surface area is 121 Å². The molecule has 1 aliphatic rings. The molecule has 0 aromatic heterocycles. The number of benzene rings is 1. The number of allylic oxidation sites excluding steroid dienone is 1. The van der Waals surface area contributed by atoms with Crippen LogP contribution in [0.4, 0.5) is 0 Å². The van der Waals surface area contributed by atoms with Gasteiger partial charge in [-0.25, -0.2) is 0 Å². The SMILES string of the molecule is CCCCNC(=O)C1=C(Cl)C(=O)c2ccccc2C1=O. The number of ketones is 2. The van der Waals surface area contributed by atoms with E-state index in [2.05, 4.69) is 5.32 Å². The van der Waals surface area contributed by atoms with Crippen molar-refractivity contribution in [3.05, 3.63) is 46.0 Å². The van der Waals surface area contributed by atoms with Gasteiger partial charge in [-0.3, -0.25) is 14.4 Å². The molecule has 1 aromatic rings. The number of fused-ring (bicyclic) bond motifs is 1. The first-order chi connectivity index (χ1) is 9.57. The van der Waals surface area contributed by atoms with Gasteiger partial charge in [0.25, 0.3) is 5.91 Å². The number of carbonyl (C=O) groups excluding carboxylic acids is 3. The van der Waals surface area contributed by atoms with Crippen LogP contribution in [0.3, 0.4) is 0 Å². The number of hydrogen-bond acceptors (Lipinski definition) is 3. The van der Waals surface area contributed by atoms with Gasteiger partial charge >= 0.3 is 0 Å². The monoisotopic (exact) mass is 291 g/mol. The molecular formula is C15H14ClNO3. The standard InChI is InChI=1S/C15H14ClNO3/c1-2-3-8-17-15(20)11-12(16)14(19)10-7-5-4-6-9(10)13(11)18/h4-7H,2-3,8H2,1H3,(H,17,20). The predicted octanol–water partition coefficient (Wildman–Crippen LogP) is 2.47. The second-order valence-electron chi connectivity index (χ2n) is 4.50. The fourth-order valence-electron chi connectivity index (χ4n) is 2.02. The Kier molecular flexibility index (Phi) is 4.35. The van der Waals surface area contributed by atoms with E-state index in [0.29, 0.717) is 6.54 Å². The molecule has 0 radical (unpaired) electrons. The summed E-state index contributed by atoms with van der Waals surface area (Å²) in [5.41, 5.74) is 0.210. The molecule has 5 heteroatoms. The Morgan fingerprint density at radius 3 is 2.35 bits per heavy atom. The summed E-state index contributed by atoms with van der Waals surface area (Å²) >= 11 is 5.91. The Balaban J connectivity index is 2.34. The van der Waals surface area contributed by atoms with Crippen LogP contribution in [-0.2, 0) is 4.79 Å². The highest BCUT2D eigenvalue weighted by molar-refractivity contribution is 6.53. The number of unbranched alkanes of at least 4 members (excludes halogenated alkanes) is 1. The highest BCUT2D eigenvalue weighted by Crippen LogP contribution is 2.28. The highest BCUT2D eigenvalue weighted by atomic mass is 35.5. The van der Waals surface area contributed by atoms with Crippen molar-refractivity contribution in [3.8, 4) is 0 Å². The van der Waals surface area contributed by atoms with Crippen LogP contribution in [0, 0.1) is 0 Å². The molecule has 0 heterocycles. The summed E-state index contributed by atoms with van der Waals surface area (Å²) in [6.07, 6.45) is 1.72. The lowest BCUT2D eigenvalue weighted by molar-refractivity contribution is -0.117. The van der Waals surface area contributed by atoms with Gasteiger partial charge in [0.2, 0.25) is 11.6 Å². The molecule has 1 aromatic carbocycles. The maximum Gasteiger partial charge on any atom is 0.256 e. The Bertz CT molecular complexity index is 619. The zero-order chi connectivity index (χ0) is 14.7. The smallest absolute Gasteiger partial charge is 0.256 e. The quantitative estimate of drug-likeness (QED) is 0.685. The van der Waals surface area contributed by atoms with Gasteiger partial charge in [-0.2, -0.15) is 0 Å². The first kappa shape index (κ1) is 14.5. The van der Waals surface area contributed by atoms with Crippen molar-refractivity contribution in [2.75, 3.05) is 6.54 Å². The summed E-state index contributed by atoms with van der Waals surface area (Å²) in [6, 6.07) is 6.36. The lowest BCUT2D eigenvalue weighted by Gasteiger charge is -2.17.